The van der Waals surface area contributed by atoms with Gasteiger partial charge in [-0.1, -0.05) is 146 Å². The van der Waals surface area contributed by atoms with E-state index in [1.54, 1.807) is 0 Å². The molecule has 9 aromatic rings. The average molecular weight is 702 g/mol. The summed E-state index contributed by atoms with van der Waals surface area (Å²) < 4.78 is 0. The number of hydrogen-bond donors (Lipinski definition) is 0. The molecular formula is C52H35N3. The number of aryl methyl sites for hydroxylation is 2. The number of pyridine rings is 1. The van der Waals surface area contributed by atoms with Crippen molar-refractivity contribution in [1.82, 2.24) is 15.0 Å². The van der Waals surface area contributed by atoms with E-state index in [0.717, 1.165) is 28.3 Å². The molecule has 0 saturated heterocycles. The van der Waals surface area contributed by atoms with Crippen LogP contribution < -0.4 is 0 Å². The Morgan fingerprint density at radius 2 is 1.02 bits per heavy atom. The molecule has 0 saturated carbocycles. The van der Waals surface area contributed by atoms with Gasteiger partial charge in [0.15, 0.2) is 0 Å². The van der Waals surface area contributed by atoms with Gasteiger partial charge in [-0.25, -0.2) is 9.97 Å². The summed E-state index contributed by atoms with van der Waals surface area (Å²) in [5, 5.41) is 2.50. The molecule has 0 amide bonds. The highest BCUT2D eigenvalue weighted by molar-refractivity contribution is 6.01. The van der Waals surface area contributed by atoms with Crippen molar-refractivity contribution in [1.29, 1.82) is 0 Å². The zero-order valence-corrected chi connectivity index (χ0v) is 30.6. The maximum Gasteiger partial charge on any atom is 0.126 e. The molecule has 55 heavy (non-hydrogen) atoms. The molecule has 0 bridgehead atoms. The van der Waals surface area contributed by atoms with E-state index in [2.05, 4.69) is 176 Å². The Hall–Kier alpha value is -6.97. The summed E-state index contributed by atoms with van der Waals surface area (Å²) in [6, 6.07) is 60.0. The van der Waals surface area contributed by atoms with Crippen molar-refractivity contribution < 1.29 is 0 Å². The van der Waals surface area contributed by atoms with Gasteiger partial charge in [-0.3, -0.25) is 4.98 Å². The molecule has 3 heteroatoms. The predicted molar refractivity (Wildman–Crippen MR) is 225 cm³/mol. The molecule has 1 spiro atoms. The van der Waals surface area contributed by atoms with Gasteiger partial charge in [0.1, 0.15) is 5.82 Å². The molecule has 1 atom stereocenters. The van der Waals surface area contributed by atoms with Crippen molar-refractivity contribution >= 4 is 10.8 Å². The molecule has 0 aliphatic heterocycles. The summed E-state index contributed by atoms with van der Waals surface area (Å²) in [5.41, 5.74) is 19.9. The molecule has 0 N–H and O–H groups in total. The molecule has 2 aliphatic rings. The first-order valence-electron chi connectivity index (χ1n) is 18.9. The zero-order valence-electron chi connectivity index (χ0n) is 30.6. The predicted octanol–water partition coefficient (Wildman–Crippen LogP) is 12.7. The summed E-state index contributed by atoms with van der Waals surface area (Å²) in [4.78, 5) is 14.4. The maximum atomic E-state index is 5.05. The summed E-state index contributed by atoms with van der Waals surface area (Å²) >= 11 is 0. The van der Waals surface area contributed by atoms with Crippen LogP contribution in [-0.2, 0) is 5.41 Å². The van der Waals surface area contributed by atoms with Gasteiger partial charge >= 0.3 is 0 Å². The SMILES string of the molecule is Cc1nc(-c2ccc(-c3cccc4ccccc34)cc2)cc(-c2ccc3c(c2)C2(c4ccccc4-3)c3ccccc3-c3c(-c4ccncc4C)cccc32)n1. The number of hydrogen-bond acceptors (Lipinski definition) is 3. The van der Waals surface area contributed by atoms with E-state index in [-0.39, 0.29) is 0 Å². The van der Waals surface area contributed by atoms with Gasteiger partial charge in [0, 0.05) is 23.5 Å². The van der Waals surface area contributed by atoms with E-state index in [4.69, 9.17) is 9.97 Å². The Labute approximate surface area is 320 Å². The molecule has 1 unspecified atom stereocenters. The number of benzene rings is 7. The Balaban J connectivity index is 1.07. The van der Waals surface area contributed by atoms with Crippen LogP contribution >= 0.6 is 0 Å². The second-order valence-corrected chi connectivity index (χ2v) is 14.8. The van der Waals surface area contributed by atoms with Crippen molar-refractivity contribution in [3.05, 3.63) is 210 Å². The molecule has 0 fully saturated rings. The molecule has 11 rings (SSSR count). The molecule has 7 aromatic carbocycles. The van der Waals surface area contributed by atoms with Crippen molar-refractivity contribution in [2.24, 2.45) is 0 Å². The topological polar surface area (TPSA) is 38.7 Å². The Morgan fingerprint density at radius 1 is 0.418 bits per heavy atom. The van der Waals surface area contributed by atoms with Crippen LogP contribution in [0.1, 0.15) is 33.6 Å². The minimum Gasteiger partial charge on any atom is -0.264 e. The van der Waals surface area contributed by atoms with Crippen molar-refractivity contribution in [2.45, 2.75) is 19.3 Å². The van der Waals surface area contributed by atoms with Gasteiger partial charge in [-0.05, 0) is 115 Å². The van der Waals surface area contributed by atoms with Crippen LogP contribution in [0.2, 0.25) is 0 Å². The monoisotopic (exact) mass is 701 g/mol. The third-order valence-corrected chi connectivity index (χ3v) is 11.8. The fraction of sp³-hybridized carbons (Fsp3) is 0.0577. The minimum atomic E-state index is -0.479. The number of nitrogens with zero attached hydrogens (tertiary/aromatic N) is 3. The van der Waals surface area contributed by atoms with Gasteiger partial charge in [0.25, 0.3) is 0 Å². The summed E-state index contributed by atoms with van der Waals surface area (Å²) in [6.07, 6.45) is 3.87. The number of fused-ring (bicyclic) bond motifs is 11. The van der Waals surface area contributed by atoms with Gasteiger partial charge in [0.2, 0.25) is 0 Å². The molecule has 2 heterocycles. The second kappa shape index (κ2) is 12.0. The maximum absolute atomic E-state index is 5.05. The quantitative estimate of drug-likeness (QED) is 0.183. The van der Waals surface area contributed by atoms with E-state index in [0.29, 0.717) is 0 Å². The van der Waals surface area contributed by atoms with Crippen molar-refractivity contribution in [3.63, 3.8) is 0 Å². The fourth-order valence-electron chi connectivity index (χ4n) is 9.51. The van der Waals surface area contributed by atoms with Crippen LogP contribution in [0.3, 0.4) is 0 Å². The van der Waals surface area contributed by atoms with E-state index in [9.17, 15) is 0 Å². The number of rotatable bonds is 4. The summed E-state index contributed by atoms with van der Waals surface area (Å²) in [6.45, 7) is 4.15. The standard InChI is InChI=1S/C52H35N3/c1-32-31-53-28-27-38(32)43-17-10-20-47-51(43)44-15-6-8-19-46(44)52(47)45-18-7-5-14-41(45)42-26-25-37(29-48(42)52)50-30-49(54-33(2)55-50)36-23-21-35(22-24-36)40-16-9-12-34-11-3-4-13-39(34)40/h3-31H,1-2H3. The lowest BCUT2D eigenvalue weighted by Crippen LogP contribution is -2.25. The highest BCUT2D eigenvalue weighted by Gasteiger charge is 2.52. The summed E-state index contributed by atoms with van der Waals surface area (Å²) in [5.74, 6) is 0.748. The minimum absolute atomic E-state index is 0.479. The van der Waals surface area contributed by atoms with Crippen LogP contribution in [-0.4, -0.2) is 15.0 Å². The van der Waals surface area contributed by atoms with Crippen LogP contribution in [0.25, 0.3) is 77.8 Å². The zero-order chi connectivity index (χ0) is 36.7. The van der Waals surface area contributed by atoms with Crippen molar-refractivity contribution in [2.75, 3.05) is 0 Å². The van der Waals surface area contributed by atoms with Gasteiger partial charge in [-0.15, -0.1) is 0 Å². The van der Waals surface area contributed by atoms with E-state index < -0.39 is 5.41 Å². The summed E-state index contributed by atoms with van der Waals surface area (Å²) in [7, 11) is 0. The van der Waals surface area contributed by atoms with Gasteiger partial charge < -0.3 is 0 Å². The third-order valence-electron chi connectivity index (χ3n) is 11.8. The fourth-order valence-corrected chi connectivity index (χ4v) is 9.51. The smallest absolute Gasteiger partial charge is 0.126 e. The highest BCUT2D eigenvalue weighted by Crippen LogP contribution is 2.64. The first kappa shape index (κ1) is 31.5. The van der Waals surface area contributed by atoms with E-state index in [1.807, 2.05) is 19.3 Å². The van der Waals surface area contributed by atoms with Gasteiger partial charge in [-0.2, -0.15) is 0 Å². The molecule has 258 valence electrons. The molecule has 3 nitrogen and oxygen atoms in total. The Kier molecular flexibility index (Phi) is 6.90. The Morgan fingerprint density at radius 3 is 1.85 bits per heavy atom. The number of aromatic nitrogens is 3. The van der Waals surface area contributed by atoms with Crippen LogP contribution in [0, 0.1) is 13.8 Å². The molecule has 2 aliphatic carbocycles. The molecular weight excluding hydrogens is 667 g/mol. The lowest BCUT2D eigenvalue weighted by Gasteiger charge is -2.31. The second-order valence-electron chi connectivity index (χ2n) is 14.8. The largest absolute Gasteiger partial charge is 0.264 e. The normalized spacial score (nSPS) is 14.8. The average Bonchev–Trinajstić information content (AvgIpc) is 3.71. The van der Waals surface area contributed by atoms with Gasteiger partial charge in [0.05, 0.1) is 16.8 Å². The van der Waals surface area contributed by atoms with Crippen LogP contribution in [0.5, 0.6) is 0 Å². The molecule has 0 radical (unpaired) electrons. The third kappa shape index (κ3) is 4.60. The van der Waals surface area contributed by atoms with E-state index >= 15 is 0 Å². The van der Waals surface area contributed by atoms with Crippen LogP contribution in [0.4, 0.5) is 0 Å². The van der Waals surface area contributed by atoms with E-state index in [1.165, 1.54) is 83.1 Å². The van der Waals surface area contributed by atoms with Crippen molar-refractivity contribution in [3.8, 4) is 67.0 Å². The lowest BCUT2D eigenvalue weighted by atomic mass is 9.70. The first-order chi connectivity index (χ1) is 27.1. The molecule has 2 aromatic heterocycles. The Bertz CT molecular complexity index is 3010. The lowest BCUT2D eigenvalue weighted by molar-refractivity contribution is 0.794. The first-order valence-corrected chi connectivity index (χ1v) is 18.9. The highest BCUT2D eigenvalue weighted by atomic mass is 14.9. The van der Waals surface area contributed by atoms with Crippen LogP contribution in [0.15, 0.2) is 176 Å².